The van der Waals surface area contributed by atoms with Gasteiger partial charge in [-0.25, -0.2) is 4.39 Å². The smallest absolute Gasteiger partial charge is 0.256 e. The molecule has 2 aromatic rings. The molecule has 0 spiro atoms. The first-order valence-corrected chi connectivity index (χ1v) is 8.16. The van der Waals surface area contributed by atoms with Crippen LogP contribution in [-0.2, 0) is 4.74 Å². The number of hydrogen-bond donors (Lipinski definition) is 2. The maximum Gasteiger partial charge on any atom is 0.256 e. The summed E-state index contributed by atoms with van der Waals surface area (Å²) in [5.74, 6) is -0.692. The number of H-pyrrole nitrogens is 1. The summed E-state index contributed by atoms with van der Waals surface area (Å²) in [4.78, 5) is 19.5. The highest BCUT2D eigenvalue weighted by atomic mass is 19.1. The fraction of sp³-hybridized carbons (Fsp3) is 0.471. The van der Waals surface area contributed by atoms with Gasteiger partial charge in [0.25, 0.3) is 5.91 Å². The van der Waals surface area contributed by atoms with Gasteiger partial charge < -0.3 is 19.7 Å². The number of carbonyl (C=O) groups is 1. The fourth-order valence-electron chi connectivity index (χ4n) is 3.00. The summed E-state index contributed by atoms with van der Waals surface area (Å²) in [5, 5.41) is 9.58. The van der Waals surface area contributed by atoms with Crippen molar-refractivity contribution in [2.24, 2.45) is 0 Å². The molecule has 3 rings (SSSR count). The summed E-state index contributed by atoms with van der Waals surface area (Å²) in [6.07, 6.45) is 1.54. The lowest BCUT2D eigenvalue weighted by atomic mass is 10.1. The number of fused-ring (bicyclic) bond motifs is 1. The zero-order chi connectivity index (χ0) is 16.9. The Kier molecular flexibility index (Phi) is 5.44. The van der Waals surface area contributed by atoms with Crippen molar-refractivity contribution < 1.29 is 19.0 Å². The molecule has 1 aromatic heterocycles. The number of rotatable bonds is 6. The lowest BCUT2D eigenvalue weighted by Crippen LogP contribution is -2.43. The minimum Gasteiger partial charge on any atom is -0.395 e. The number of morpholine rings is 1. The first-order valence-electron chi connectivity index (χ1n) is 8.16. The Labute approximate surface area is 139 Å². The summed E-state index contributed by atoms with van der Waals surface area (Å²) in [6.45, 7) is 4.36. The van der Waals surface area contributed by atoms with Crippen molar-refractivity contribution in [2.75, 3.05) is 52.5 Å². The van der Waals surface area contributed by atoms with Gasteiger partial charge in [-0.2, -0.15) is 0 Å². The van der Waals surface area contributed by atoms with Crippen LogP contribution < -0.4 is 0 Å². The molecular formula is C17H22FN3O3. The molecule has 130 valence electrons. The molecular weight excluding hydrogens is 313 g/mol. The molecule has 1 fully saturated rings. The molecule has 0 atom stereocenters. The molecule has 0 saturated carbocycles. The summed E-state index contributed by atoms with van der Waals surface area (Å²) >= 11 is 0. The van der Waals surface area contributed by atoms with Gasteiger partial charge >= 0.3 is 0 Å². The predicted octanol–water partition coefficient (Wildman–Crippen LogP) is 1.07. The van der Waals surface area contributed by atoms with E-state index in [0.717, 1.165) is 13.1 Å². The average molecular weight is 335 g/mol. The number of benzene rings is 1. The lowest BCUT2D eigenvalue weighted by molar-refractivity contribution is 0.0315. The highest BCUT2D eigenvalue weighted by Gasteiger charge is 2.22. The van der Waals surface area contributed by atoms with Crippen LogP contribution in [0, 0.1) is 5.82 Å². The molecule has 0 aliphatic carbocycles. The second-order valence-corrected chi connectivity index (χ2v) is 5.83. The van der Waals surface area contributed by atoms with Crippen LogP contribution in [0.5, 0.6) is 0 Å². The van der Waals surface area contributed by atoms with Crippen molar-refractivity contribution in [3.63, 3.8) is 0 Å². The van der Waals surface area contributed by atoms with Crippen molar-refractivity contribution in [3.8, 4) is 0 Å². The topological polar surface area (TPSA) is 68.8 Å². The van der Waals surface area contributed by atoms with Crippen LogP contribution in [0.1, 0.15) is 10.4 Å². The number of halogens is 1. The summed E-state index contributed by atoms with van der Waals surface area (Å²) in [7, 11) is 0. The molecule has 0 unspecified atom stereocenters. The van der Waals surface area contributed by atoms with Gasteiger partial charge in [-0.1, -0.05) is 6.07 Å². The van der Waals surface area contributed by atoms with E-state index in [1.54, 1.807) is 17.0 Å². The van der Waals surface area contributed by atoms with E-state index >= 15 is 0 Å². The predicted molar refractivity (Wildman–Crippen MR) is 88.5 cm³/mol. The number of nitrogens with one attached hydrogen (secondary N) is 1. The zero-order valence-corrected chi connectivity index (χ0v) is 13.5. The summed E-state index contributed by atoms with van der Waals surface area (Å²) in [6, 6.07) is 4.68. The minimum atomic E-state index is -0.422. The van der Waals surface area contributed by atoms with Gasteiger partial charge in [0.2, 0.25) is 0 Å². The molecule has 1 aliphatic heterocycles. The number of ether oxygens (including phenoxy) is 1. The van der Waals surface area contributed by atoms with E-state index in [-0.39, 0.29) is 19.1 Å². The van der Waals surface area contributed by atoms with Crippen LogP contribution in [0.4, 0.5) is 4.39 Å². The standard InChI is InChI=1S/C17H22FN3O3/c18-14-2-1-3-15-16(14)13(12-19-15)17(23)21(6-9-22)5-4-20-7-10-24-11-8-20/h1-3,12,19,22H,4-11H2. The highest BCUT2D eigenvalue weighted by Crippen LogP contribution is 2.22. The van der Waals surface area contributed by atoms with E-state index < -0.39 is 5.82 Å². The Morgan fingerprint density at radius 2 is 2.12 bits per heavy atom. The van der Waals surface area contributed by atoms with E-state index in [1.807, 2.05) is 0 Å². The van der Waals surface area contributed by atoms with Crippen LogP contribution in [0.2, 0.25) is 0 Å². The number of nitrogens with zero attached hydrogens (tertiary/aromatic N) is 2. The van der Waals surface area contributed by atoms with E-state index in [9.17, 15) is 14.3 Å². The van der Waals surface area contributed by atoms with E-state index in [2.05, 4.69) is 9.88 Å². The second-order valence-electron chi connectivity index (χ2n) is 5.83. The Bertz CT molecular complexity index is 697. The maximum absolute atomic E-state index is 14.1. The monoisotopic (exact) mass is 335 g/mol. The van der Waals surface area contributed by atoms with E-state index in [1.165, 1.54) is 12.3 Å². The Balaban J connectivity index is 1.75. The van der Waals surface area contributed by atoms with Gasteiger partial charge in [-0.15, -0.1) is 0 Å². The second kappa shape index (κ2) is 7.74. The molecule has 24 heavy (non-hydrogen) atoms. The molecule has 1 amide bonds. The third kappa shape index (κ3) is 3.58. The average Bonchev–Trinajstić information content (AvgIpc) is 3.04. The van der Waals surface area contributed by atoms with Crippen molar-refractivity contribution >= 4 is 16.8 Å². The number of carbonyl (C=O) groups excluding carboxylic acids is 1. The molecule has 1 aromatic carbocycles. The third-order valence-electron chi connectivity index (χ3n) is 4.33. The Morgan fingerprint density at radius 3 is 2.88 bits per heavy atom. The van der Waals surface area contributed by atoms with Gasteiger partial charge in [-0.3, -0.25) is 9.69 Å². The number of aliphatic hydroxyl groups is 1. The van der Waals surface area contributed by atoms with Gasteiger partial charge in [0.05, 0.1) is 25.4 Å². The van der Waals surface area contributed by atoms with Gasteiger partial charge in [0.1, 0.15) is 5.82 Å². The van der Waals surface area contributed by atoms with Crippen LogP contribution in [-0.4, -0.2) is 78.3 Å². The number of aliphatic hydroxyl groups excluding tert-OH is 1. The van der Waals surface area contributed by atoms with Crippen molar-refractivity contribution in [2.45, 2.75) is 0 Å². The molecule has 1 aliphatic rings. The lowest BCUT2D eigenvalue weighted by Gasteiger charge is -2.29. The summed E-state index contributed by atoms with van der Waals surface area (Å²) in [5.41, 5.74) is 0.897. The maximum atomic E-state index is 14.1. The van der Waals surface area contributed by atoms with Gasteiger partial charge in [-0.05, 0) is 12.1 Å². The molecule has 1 saturated heterocycles. The number of aromatic amines is 1. The number of aromatic nitrogens is 1. The molecule has 7 heteroatoms. The first kappa shape index (κ1) is 16.9. The first-order chi connectivity index (χ1) is 11.7. The van der Waals surface area contributed by atoms with Gasteiger partial charge in [0.15, 0.2) is 0 Å². The molecule has 0 radical (unpaired) electrons. The van der Waals surface area contributed by atoms with Crippen LogP contribution in [0.15, 0.2) is 24.4 Å². The fourth-order valence-corrected chi connectivity index (χ4v) is 3.00. The van der Waals surface area contributed by atoms with Crippen LogP contribution in [0.3, 0.4) is 0 Å². The van der Waals surface area contributed by atoms with Crippen molar-refractivity contribution in [1.82, 2.24) is 14.8 Å². The normalized spacial score (nSPS) is 15.8. The third-order valence-corrected chi connectivity index (χ3v) is 4.33. The minimum absolute atomic E-state index is 0.125. The molecule has 0 bridgehead atoms. The number of hydrogen-bond acceptors (Lipinski definition) is 4. The highest BCUT2D eigenvalue weighted by molar-refractivity contribution is 6.06. The molecule has 6 nitrogen and oxygen atoms in total. The van der Waals surface area contributed by atoms with E-state index in [4.69, 9.17) is 4.74 Å². The Hall–Kier alpha value is -1.96. The van der Waals surface area contributed by atoms with Crippen LogP contribution >= 0.6 is 0 Å². The quantitative estimate of drug-likeness (QED) is 0.829. The van der Waals surface area contributed by atoms with Crippen molar-refractivity contribution in [3.05, 3.63) is 35.8 Å². The molecule has 2 heterocycles. The van der Waals surface area contributed by atoms with Crippen molar-refractivity contribution in [1.29, 1.82) is 0 Å². The summed E-state index contributed by atoms with van der Waals surface area (Å²) < 4.78 is 19.4. The SMILES string of the molecule is O=C(c1c[nH]c2cccc(F)c12)N(CCO)CCN1CCOCC1. The molecule has 2 N–H and O–H groups in total. The number of amides is 1. The Morgan fingerprint density at radius 1 is 1.33 bits per heavy atom. The van der Waals surface area contributed by atoms with Crippen LogP contribution in [0.25, 0.3) is 10.9 Å². The zero-order valence-electron chi connectivity index (χ0n) is 13.5. The van der Waals surface area contributed by atoms with E-state index in [0.29, 0.717) is 42.8 Å². The largest absolute Gasteiger partial charge is 0.395 e. The van der Waals surface area contributed by atoms with Gasteiger partial charge in [0, 0.05) is 49.8 Å².